The first-order chi connectivity index (χ1) is 7.59. The van der Waals surface area contributed by atoms with E-state index >= 15 is 0 Å². The third-order valence-electron chi connectivity index (χ3n) is 1.79. The summed E-state index contributed by atoms with van der Waals surface area (Å²) in [6.07, 6.45) is 1.38. The molecule has 0 amide bonds. The number of rotatable bonds is 4. The Morgan fingerprint density at radius 2 is 2.06 bits per heavy atom. The molecule has 0 N–H and O–H groups in total. The lowest BCUT2D eigenvalue weighted by Crippen LogP contribution is -2.09. The van der Waals surface area contributed by atoms with Crippen molar-refractivity contribution < 1.29 is 14.5 Å². The highest BCUT2D eigenvalue weighted by Crippen LogP contribution is 2.07. The minimum atomic E-state index is -0.560. The van der Waals surface area contributed by atoms with Crippen LogP contribution >= 0.6 is 0 Å². The number of nitro groups is 1. The number of ether oxygens (including phenoxy) is 1. The molecule has 1 aromatic carbocycles. The Morgan fingerprint density at radius 3 is 2.56 bits per heavy atom. The molecule has 0 aliphatic rings. The van der Waals surface area contributed by atoms with E-state index in [0.717, 1.165) is 0 Å². The molecular formula is C11H11NO4. The molecule has 5 nitrogen and oxygen atoms in total. The summed E-state index contributed by atoms with van der Waals surface area (Å²) < 4.78 is 4.59. The van der Waals surface area contributed by atoms with Crippen LogP contribution in [0.5, 0.6) is 0 Å². The second-order valence-corrected chi connectivity index (χ2v) is 3.08. The molecule has 0 saturated carbocycles. The number of carbonyl (C=O) groups is 1. The zero-order chi connectivity index (χ0) is 12.0. The summed E-state index contributed by atoms with van der Waals surface area (Å²) in [6, 6.07) is 8.83. The van der Waals surface area contributed by atoms with Crippen molar-refractivity contribution in [3.8, 4) is 0 Å². The molecule has 0 unspecified atom stereocenters. The second-order valence-electron chi connectivity index (χ2n) is 3.08. The molecule has 0 atom stereocenters. The van der Waals surface area contributed by atoms with Crippen molar-refractivity contribution in [2.45, 2.75) is 6.92 Å². The molecule has 5 heteroatoms. The van der Waals surface area contributed by atoms with Gasteiger partial charge in [-0.25, -0.2) is 0 Å². The number of hydrogen-bond donors (Lipinski definition) is 0. The van der Waals surface area contributed by atoms with Gasteiger partial charge in [-0.2, -0.15) is 0 Å². The van der Waals surface area contributed by atoms with Crippen LogP contribution in [0.4, 0.5) is 0 Å². The Morgan fingerprint density at radius 1 is 1.44 bits per heavy atom. The van der Waals surface area contributed by atoms with Gasteiger partial charge in [-0.3, -0.25) is 14.9 Å². The van der Waals surface area contributed by atoms with Crippen molar-refractivity contribution in [3.63, 3.8) is 0 Å². The minimum Gasteiger partial charge on any atom is -0.454 e. The van der Waals surface area contributed by atoms with Gasteiger partial charge in [0, 0.05) is 13.0 Å². The van der Waals surface area contributed by atoms with E-state index in [1.807, 2.05) is 6.07 Å². The molecule has 0 aliphatic carbocycles. The third-order valence-corrected chi connectivity index (χ3v) is 1.79. The Balaban J connectivity index is 2.81. The topological polar surface area (TPSA) is 69.4 Å². The van der Waals surface area contributed by atoms with E-state index in [4.69, 9.17) is 0 Å². The molecule has 0 spiro atoms. The van der Waals surface area contributed by atoms with Gasteiger partial charge in [-0.05, 0) is 5.56 Å². The van der Waals surface area contributed by atoms with Gasteiger partial charge in [-0.1, -0.05) is 30.3 Å². The van der Waals surface area contributed by atoms with Crippen molar-refractivity contribution in [1.82, 2.24) is 0 Å². The van der Waals surface area contributed by atoms with E-state index in [-0.39, 0.29) is 12.3 Å². The van der Waals surface area contributed by atoms with Crippen molar-refractivity contribution in [2.24, 2.45) is 0 Å². The van der Waals surface area contributed by atoms with Crippen molar-refractivity contribution in [2.75, 3.05) is 6.61 Å². The van der Waals surface area contributed by atoms with Crippen LogP contribution in [-0.4, -0.2) is 17.5 Å². The zero-order valence-corrected chi connectivity index (χ0v) is 8.75. The lowest BCUT2D eigenvalue weighted by Gasteiger charge is -1.99. The van der Waals surface area contributed by atoms with Crippen molar-refractivity contribution in [1.29, 1.82) is 0 Å². The summed E-state index contributed by atoms with van der Waals surface area (Å²) in [5.74, 6) is -0.541. The van der Waals surface area contributed by atoms with E-state index in [1.165, 1.54) is 13.0 Å². The van der Waals surface area contributed by atoms with Crippen molar-refractivity contribution >= 4 is 12.0 Å². The molecule has 1 rings (SSSR count). The van der Waals surface area contributed by atoms with Gasteiger partial charge in [0.1, 0.15) is 0 Å². The fraction of sp³-hybridized carbons (Fsp3) is 0.182. The van der Waals surface area contributed by atoms with Gasteiger partial charge in [0.25, 0.3) is 5.70 Å². The van der Waals surface area contributed by atoms with Gasteiger partial charge < -0.3 is 4.74 Å². The smallest absolute Gasteiger partial charge is 0.303 e. The average Bonchev–Trinajstić information content (AvgIpc) is 2.25. The molecule has 0 radical (unpaired) electrons. The van der Waals surface area contributed by atoms with Crippen LogP contribution in [0, 0.1) is 10.1 Å². The highest BCUT2D eigenvalue weighted by atomic mass is 16.6. The maximum absolute atomic E-state index is 10.7. The number of esters is 1. The summed E-state index contributed by atoms with van der Waals surface area (Å²) in [4.78, 5) is 20.7. The van der Waals surface area contributed by atoms with Crippen LogP contribution < -0.4 is 0 Å². The molecule has 16 heavy (non-hydrogen) atoms. The maximum Gasteiger partial charge on any atom is 0.303 e. The largest absolute Gasteiger partial charge is 0.454 e. The first-order valence-corrected chi connectivity index (χ1v) is 4.63. The van der Waals surface area contributed by atoms with Gasteiger partial charge in [0.15, 0.2) is 6.61 Å². The highest BCUT2D eigenvalue weighted by molar-refractivity contribution is 5.66. The van der Waals surface area contributed by atoms with E-state index in [9.17, 15) is 14.9 Å². The van der Waals surface area contributed by atoms with E-state index in [2.05, 4.69) is 4.74 Å². The number of carbonyl (C=O) groups excluding carboxylic acids is 1. The van der Waals surface area contributed by atoms with Crippen LogP contribution in [0.15, 0.2) is 36.0 Å². The maximum atomic E-state index is 10.7. The third kappa shape index (κ3) is 3.91. The highest BCUT2D eigenvalue weighted by Gasteiger charge is 2.12. The SMILES string of the molecule is CC(=O)OC/C(=C/c1ccccc1)[N+](=O)[O-]. The summed E-state index contributed by atoms with van der Waals surface area (Å²) >= 11 is 0. The van der Waals surface area contributed by atoms with Crippen LogP contribution in [0.1, 0.15) is 12.5 Å². The molecule has 0 heterocycles. The van der Waals surface area contributed by atoms with Crippen LogP contribution in [0.25, 0.3) is 6.08 Å². The van der Waals surface area contributed by atoms with Crippen LogP contribution in [0.3, 0.4) is 0 Å². The standard InChI is InChI=1S/C11H11NO4/c1-9(13)16-8-11(12(14)15)7-10-5-3-2-4-6-10/h2-7H,8H2,1H3/b11-7-. The van der Waals surface area contributed by atoms with Gasteiger partial charge >= 0.3 is 5.97 Å². The molecular weight excluding hydrogens is 210 g/mol. The molecule has 0 fully saturated rings. The number of nitrogens with zero attached hydrogens (tertiary/aromatic N) is 1. The van der Waals surface area contributed by atoms with Crippen LogP contribution in [-0.2, 0) is 9.53 Å². The Labute approximate surface area is 92.5 Å². The lowest BCUT2D eigenvalue weighted by molar-refractivity contribution is -0.428. The average molecular weight is 221 g/mol. The van der Waals surface area contributed by atoms with Gasteiger partial charge in [-0.15, -0.1) is 0 Å². The summed E-state index contributed by atoms with van der Waals surface area (Å²) in [7, 11) is 0. The van der Waals surface area contributed by atoms with Gasteiger partial charge in [0.05, 0.1) is 4.92 Å². The predicted octanol–water partition coefficient (Wildman–Crippen LogP) is 1.87. The normalized spacial score (nSPS) is 10.9. The Kier molecular flexibility index (Phi) is 4.20. The first-order valence-electron chi connectivity index (χ1n) is 4.63. The molecule has 0 aliphatic heterocycles. The Hall–Kier alpha value is -2.17. The van der Waals surface area contributed by atoms with E-state index in [0.29, 0.717) is 5.56 Å². The molecule has 0 aromatic heterocycles. The minimum absolute atomic E-state index is 0.151. The summed E-state index contributed by atoms with van der Waals surface area (Å²) in [6.45, 7) is 0.886. The monoisotopic (exact) mass is 221 g/mol. The number of hydrogen-bond acceptors (Lipinski definition) is 4. The quantitative estimate of drug-likeness (QED) is 0.442. The molecule has 84 valence electrons. The second kappa shape index (κ2) is 5.65. The fourth-order valence-corrected chi connectivity index (χ4v) is 1.06. The molecule has 1 aromatic rings. The van der Waals surface area contributed by atoms with Gasteiger partial charge in [0.2, 0.25) is 0 Å². The fourth-order valence-electron chi connectivity index (χ4n) is 1.06. The van der Waals surface area contributed by atoms with Crippen molar-refractivity contribution in [3.05, 3.63) is 51.7 Å². The van der Waals surface area contributed by atoms with E-state index < -0.39 is 10.9 Å². The summed E-state index contributed by atoms with van der Waals surface area (Å²) in [5.41, 5.74) is 0.544. The summed E-state index contributed by atoms with van der Waals surface area (Å²) in [5, 5.41) is 10.7. The predicted molar refractivity (Wildman–Crippen MR) is 58.0 cm³/mol. The Bertz CT molecular complexity index is 411. The first kappa shape index (κ1) is 11.9. The molecule has 0 saturated heterocycles. The number of benzene rings is 1. The molecule has 0 bridgehead atoms. The van der Waals surface area contributed by atoms with E-state index in [1.54, 1.807) is 24.3 Å². The zero-order valence-electron chi connectivity index (χ0n) is 8.75. The lowest BCUT2D eigenvalue weighted by atomic mass is 10.2. The van der Waals surface area contributed by atoms with Crippen LogP contribution in [0.2, 0.25) is 0 Å².